The van der Waals surface area contributed by atoms with Gasteiger partial charge in [0.05, 0.1) is 10.4 Å². The Hall–Kier alpha value is -1.50. The molecule has 0 aromatic carbocycles. The van der Waals surface area contributed by atoms with E-state index in [2.05, 4.69) is 5.32 Å². The summed E-state index contributed by atoms with van der Waals surface area (Å²) in [6.07, 6.45) is 2.08. The Bertz CT molecular complexity index is 445. The first-order valence-corrected chi connectivity index (χ1v) is 6.24. The van der Waals surface area contributed by atoms with Crippen LogP contribution in [0.3, 0.4) is 0 Å². The van der Waals surface area contributed by atoms with E-state index in [4.69, 9.17) is 18.0 Å². The lowest BCUT2D eigenvalue weighted by atomic mass is 9.67. The molecule has 3 amide bonds. The molecule has 2 aliphatic rings. The number of thiocarbonyl (C=S) groups is 1. The molecule has 0 aromatic heterocycles. The number of piperazine rings is 1. The Morgan fingerprint density at radius 3 is 2.56 bits per heavy atom. The first-order chi connectivity index (χ1) is 8.38. The van der Waals surface area contributed by atoms with Gasteiger partial charge in [-0.3, -0.25) is 19.7 Å². The van der Waals surface area contributed by atoms with Crippen LogP contribution in [0.15, 0.2) is 0 Å². The molecule has 0 spiro atoms. The molecule has 0 bridgehead atoms. The Labute approximate surface area is 110 Å². The second-order valence-corrected chi connectivity index (χ2v) is 5.26. The molecule has 1 aliphatic carbocycles. The second-order valence-electron chi connectivity index (χ2n) is 4.82. The van der Waals surface area contributed by atoms with Gasteiger partial charge in [0.15, 0.2) is 0 Å². The summed E-state index contributed by atoms with van der Waals surface area (Å²) in [4.78, 5) is 36.8. The van der Waals surface area contributed by atoms with Crippen molar-refractivity contribution in [1.29, 1.82) is 0 Å². The van der Waals surface area contributed by atoms with E-state index < -0.39 is 23.3 Å². The summed E-state index contributed by atoms with van der Waals surface area (Å²) < 4.78 is 0. The second kappa shape index (κ2) is 4.31. The van der Waals surface area contributed by atoms with Crippen molar-refractivity contribution in [1.82, 2.24) is 10.2 Å². The van der Waals surface area contributed by atoms with Gasteiger partial charge >= 0.3 is 0 Å². The zero-order chi connectivity index (χ0) is 13.5. The number of nitrogens with one attached hydrogen (secondary N) is 1. The van der Waals surface area contributed by atoms with Gasteiger partial charge in [-0.2, -0.15) is 0 Å². The highest BCUT2D eigenvalue weighted by Gasteiger charge is 2.51. The standard InChI is InChI=1S/C11H15N3O3S/c1-6-8(16)13-7(15)5-14(6)10(17)11(9(12)18)3-2-4-11/h6H,2-5H2,1H3,(H2,12,18)(H,13,15,16). The first-order valence-electron chi connectivity index (χ1n) is 5.83. The molecule has 1 saturated heterocycles. The molecular formula is C11H15N3O3S. The zero-order valence-corrected chi connectivity index (χ0v) is 10.9. The molecule has 0 radical (unpaired) electrons. The van der Waals surface area contributed by atoms with Crippen LogP contribution in [-0.4, -0.2) is 40.2 Å². The highest BCUT2D eigenvalue weighted by atomic mass is 32.1. The largest absolute Gasteiger partial charge is 0.392 e. The summed E-state index contributed by atoms with van der Waals surface area (Å²) in [5.74, 6) is -1.22. The quantitative estimate of drug-likeness (QED) is 0.511. The van der Waals surface area contributed by atoms with E-state index in [-0.39, 0.29) is 17.4 Å². The van der Waals surface area contributed by atoms with Gasteiger partial charge < -0.3 is 10.6 Å². The van der Waals surface area contributed by atoms with Crippen LogP contribution in [0.5, 0.6) is 0 Å². The van der Waals surface area contributed by atoms with Crippen molar-refractivity contribution < 1.29 is 14.4 Å². The van der Waals surface area contributed by atoms with Gasteiger partial charge in [0.25, 0.3) is 0 Å². The Kier molecular flexibility index (Phi) is 3.10. The maximum Gasteiger partial charge on any atom is 0.249 e. The molecule has 6 nitrogen and oxygen atoms in total. The monoisotopic (exact) mass is 269 g/mol. The van der Waals surface area contributed by atoms with E-state index in [1.807, 2.05) is 0 Å². The van der Waals surface area contributed by atoms with E-state index >= 15 is 0 Å². The average molecular weight is 269 g/mol. The predicted octanol–water partition coefficient (Wildman–Crippen LogP) is -0.684. The topological polar surface area (TPSA) is 92.5 Å². The molecule has 1 aliphatic heterocycles. The third kappa shape index (κ3) is 1.78. The fourth-order valence-corrected chi connectivity index (χ4v) is 2.62. The van der Waals surface area contributed by atoms with E-state index in [9.17, 15) is 14.4 Å². The fraction of sp³-hybridized carbons (Fsp3) is 0.636. The maximum atomic E-state index is 12.5. The van der Waals surface area contributed by atoms with Crippen molar-refractivity contribution in [2.75, 3.05) is 6.54 Å². The van der Waals surface area contributed by atoms with Gasteiger partial charge in [0.2, 0.25) is 17.7 Å². The minimum absolute atomic E-state index is 0.115. The van der Waals surface area contributed by atoms with Crippen LogP contribution in [-0.2, 0) is 14.4 Å². The normalized spacial score (nSPS) is 26.3. The molecule has 7 heteroatoms. The minimum atomic E-state index is -0.846. The lowest BCUT2D eigenvalue weighted by Crippen LogP contribution is -2.64. The number of hydrogen-bond donors (Lipinski definition) is 2. The summed E-state index contributed by atoms with van der Waals surface area (Å²) in [5.41, 5.74) is 4.81. The van der Waals surface area contributed by atoms with Crippen LogP contribution in [0.1, 0.15) is 26.2 Å². The number of nitrogens with two attached hydrogens (primary N) is 1. The molecule has 0 aromatic rings. The molecule has 1 atom stereocenters. The number of hydrogen-bond acceptors (Lipinski definition) is 4. The lowest BCUT2D eigenvalue weighted by Gasteiger charge is -2.44. The molecule has 18 heavy (non-hydrogen) atoms. The van der Waals surface area contributed by atoms with Gasteiger partial charge in [-0.1, -0.05) is 18.6 Å². The van der Waals surface area contributed by atoms with Crippen LogP contribution in [0.25, 0.3) is 0 Å². The summed E-state index contributed by atoms with van der Waals surface area (Å²) in [7, 11) is 0. The number of imide groups is 1. The molecule has 1 heterocycles. The SMILES string of the molecule is CC1C(=O)NC(=O)CN1C(=O)C1(C(N)=S)CCC1. The Balaban J connectivity index is 2.24. The Morgan fingerprint density at radius 2 is 2.11 bits per heavy atom. The molecule has 2 fully saturated rings. The summed E-state index contributed by atoms with van der Waals surface area (Å²) in [5, 5.41) is 2.19. The lowest BCUT2D eigenvalue weighted by molar-refractivity contribution is -0.155. The van der Waals surface area contributed by atoms with E-state index in [0.717, 1.165) is 6.42 Å². The third-order valence-electron chi connectivity index (χ3n) is 3.77. The third-order valence-corrected chi connectivity index (χ3v) is 4.16. The van der Waals surface area contributed by atoms with Crippen molar-refractivity contribution >= 4 is 34.9 Å². The smallest absolute Gasteiger partial charge is 0.249 e. The van der Waals surface area contributed by atoms with E-state index in [0.29, 0.717) is 12.8 Å². The van der Waals surface area contributed by atoms with Crippen LogP contribution >= 0.6 is 12.2 Å². The van der Waals surface area contributed by atoms with Crippen LogP contribution in [0.4, 0.5) is 0 Å². The zero-order valence-electron chi connectivity index (χ0n) is 10.1. The molecular weight excluding hydrogens is 254 g/mol. The Morgan fingerprint density at radius 1 is 1.50 bits per heavy atom. The van der Waals surface area contributed by atoms with Gasteiger partial charge in [-0.25, -0.2) is 0 Å². The molecule has 2 rings (SSSR count). The maximum absolute atomic E-state index is 12.5. The number of nitrogens with zero attached hydrogens (tertiary/aromatic N) is 1. The average Bonchev–Trinajstić information content (AvgIpc) is 2.20. The molecule has 98 valence electrons. The van der Waals surface area contributed by atoms with Crippen molar-refractivity contribution in [3.63, 3.8) is 0 Å². The van der Waals surface area contributed by atoms with Crippen molar-refractivity contribution in [3.8, 4) is 0 Å². The number of carbonyl (C=O) groups is 3. The number of carbonyl (C=O) groups excluding carboxylic acids is 3. The highest BCUT2D eigenvalue weighted by molar-refractivity contribution is 7.80. The van der Waals surface area contributed by atoms with Crippen molar-refractivity contribution in [3.05, 3.63) is 0 Å². The van der Waals surface area contributed by atoms with Gasteiger partial charge in [-0.15, -0.1) is 0 Å². The number of amides is 3. The van der Waals surface area contributed by atoms with Gasteiger partial charge in [0.1, 0.15) is 12.6 Å². The molecule has 3 N–H and O–H groups in total. The molecule has 1 unspecified atom stereocenters. The predicted molar refractivity (Wildman–Crippen MR) is 67.4 cm³/mol. The summed E-state index contributed by atoms with van der Waals surface area (Å²) in [6, 6.07) is -0.665. The number of rotatable bonds is 2. The van der Waals surface area contributed by atoms with E-state index in [1.165, 1.54) is 4.90 Å². The summed E-state index contributed by atoms with van der Waals surface area (Å²) >= 11 is 4.97. The minimum Gasteiger partial charge on any atom is -0.392 e. The molecule has 1 saturated carbocycles. The fourth-order valence-electron chi connectivity index (χ4n) is 2.33. The highest BCUT2D eigenvalue weighted by Crippen LogP contribution is 2.43. The summed E-state index contributed by atoms with van der Waals surface area (Å²) in [6.45, 7) is 1.47. The van der Waals surface area contributed by atoms with Crippen LogP contribution in [0, 0.1) is 5.41 Å². The van der Waals surface area contributed by atoms with E-state index in [1.54, 1.807) is 6.92 Å². The first kappa shape index (κ1) is 12.9. The van der Waals surface area contributed by atoms with Gasteiger partial charge in [-0.05, 0) is 19.8 Å². The van der Waals surface area contributed by atoms with Crippen LogP contribution in [0.2, 0.25) is 0 Å². The van der Waals surface area contributed by atoms with Crippen LogP contribution < -0.4 is 11.1 Å². The van der Waals surface area contributed by atoms with Gasteiger partial charge in [0, 0.05) is 0 Å². The van der Waals surface area contributed by atoms with Crippen molar-refractivity contribution in [2.45, 2.75) is 32.2 Å². The van der Waals surface area contributed by atoms with Crippen molar-refractivity contribution in [2.24, 2.45) is 11.1 Å².